The van der Waals surface area contributed by atoms with Gasteiger partial charge in [-0.1, -0.05) is 68.3 Å². The van der Waals surface area contributed by atoms with Crippen LogP contribution in [-0.4, -0.2) is 23.1 Å². The molecule has 1 amide bonds. The van der Waals surface area contributed by atoms with Crippen molar-refractivity contribution in [1.29, 1.82) is 0 Å². The summed E-state index contributed by atoms with van der Waals surface area (Å²) in [6, 6.07) is 18.3. The van der Waals surface area contributed by atoms with Crippen LogP contribution in [0, 0.1) is 0 Å². The number of para-hydroxylation sites is 1. The molecule has 138 valence electrons. The molecule has 4 heteroatoms. The van der Waals surface area contributed by atoms with Gasteiger partial charge in [0, 0.05) is 24.3 Å². The Bertz CT molecular complexity index is 704. The van der Waals surface area contributed by atoms with E-state index in [2.05, 4.69) is 25.1 Å². The standard InChI is InChI=1S/C22H27NO2S/c1-2-3-5-14-21(24)23-15-16-26-22(23)19-12-8-9-13-20(19)25-17-18-10-6-4-7-11-18/h4,6-13,22H,2-3,5,14-17H2,1H3/t22-/m1/s1. The molecule has 0 aliphatic carbocycles. The number of rotatable bonds is 8. The highest BCUT2D eigenvalue weighted by molar-refractivity contribution is 7.99. The van der Waals surface area contributed by atoms with Gasteiger partial charge in [0.25, 0.3) is 0 Å². The summed E-state index contributed by atoms with van der Waals surface area (Å²) in [5, 5.41) is 0.0658. The van der Waals surface area contributed by atoms with Gasteiger partial charge in [0.2, 0.25) is 5.91 Å². The first-order valence-corrected chi connectivity index (χ1v) is 10.5. The molecule has 0 saturated carbocycles. The lowest BCUT2D eigenvalue weighted by Gasteiger charge is -2.26. The first-order valence-electron chi connectivity index (χ1n) is 9.46. The molecule has 1 aliphatic heterocycles. The van der Waals surface area contributed by atoms with Crippen LogP contribution < -0.4 is 4.74 Å². The van der Waals surface area contributed by atoms with Crippen molar-refractivity contribution >= 4 is 17.7 Å². The number of carbonyl (C=O) groups excluding carboxylic acids is 1. The van der Waals surface area contributed by atoms with E-state index in [-0.39, 0.29) is 11.3 Å². The molecular weight excluding hydrogens is 342 g/mol. The number of ether oxygens (including phenoxy) is 1. The van der Waals surface area contributed by atoms with Gasteiger partial charge in [-0.15, -0.1) is 11.8 Å². The van der Waals surface area contributed by atoms with Crippen LogP contribution in [0.4, 0.5) is 0 Å². The second kappa shape index (κ2) is 9.67. The van der Waals surface area contributed by atoms with Gasteiger partial charge < -0.3 is 9.64 Å². The number of carbonyl (C=O) groups is 1. The lowest BCUT2D eigenvalue weighted by atomic mass is 10.1. The lowest BCUT2D eigenvalue weighted by Crippen LogP contribution is -2.30. The van der Waals surface area contributed by atoms with Gasteiger partial charge in [0.15, 0.2) is 0 Å². The zero-order valence-corrected chi connectivity index (χ0v) is 16.2. The maximum absolute atomic E-state index is 12.7. The molecule has 1 atom stereocenters. The van der Waals surface area contributed by atoms with E-state index in [1.54, 1.807) is 0 Å². The average Bonchev–Trinajstić information content (AvgIpc) is 3.17. The van der Waals surface area contributed by atoms with Crippen molar-refractivity contribution in [3.63, 3.8) is 0 Å². The molecule has 0 N–H and O–H groups in total. The summed E-state index contributed by atoms with van der Waals surface area (Å²) in [5.74, 6) is 2.13. The summed E-state index contributed by atoms with van der Waals surface area (Å²) in [7, 11) is 0. The Kier molecular flexibility index (Phi) is 7.01. The van der Waals surface area contributed by atoms with E-state index in [9.17, 15) is 4.79 Å². The molecule has 3 rings (SSSR count). The van der Waals surface area contributed by atoms with E-state index >= 15 is 0 Å². The molecule has 1 fully saturated rings. The van der Waals surface area contributed by atoms with Crippen molar-refractivity contribution < 1.29 is 9.53 Å². The monoisotopic (exact) mass is 369 g/mol. The lowest BCUT2D eigenvalue weighted by molar-refractivity contribution is -0.131. The van der Waals surface area contributed by atoms with E-state index in [0.29, 0.717) is 13.0 Å². The Balaban J connectivity index is 1.70. The van der Waals surface area contributed by atoms with Crippen LogP contribution in [0.15, 0.2) is 54.6 Å². The fraction of sp³-hybridized carbons (Fsp3) is 0.409. The van der Waals surface area contributed by atoms with Crippen LogP contribution in [0.1, 0.15) is 49.1 Å². The number of benzene rings is 2. The quantitative estimate of drug-likeness (QED) is 0.582. The van der Waals surface area contributed by atoms with Crippen LogP contribution in [0.2, 0.25) is 0 Å². The minimum Gasteiger partial charge on any atom is -0.489 e. The van der Waals surface area contributed by atoms with Crippen molar-refractivity contribution in [2.24, 2.45) is 0 Å². The van der Waals surface area contributed by atoms with Crippen molar-refractivity contribution in [1.82, 2.24) is 4.90 Å². The molecule has 0 bridgehead atoms. The zero-order valence-electron chi connectivity index (χ0n) is 15.4. The molecule has 0 unspecified atom stereocenters. The van der Waals surface area contributed by atoms with Crippen LogP contribution in [0.5, 0.6) is 5.75 Å². The molecule has 1 aliphatic rings. The van der Waals surface area contributed by atoms with Crippen LogP contribution in [0.25, 0.3) is 0 Å². The van der Waals surface area contributed by atoms with Crippen LogP contribution in [0.3, 0.4) is 0 Å². The number of nitrogens with zero attached hydrogens (tertiary/aromatic N) is 1. The Morgan fingerprint density at radius 3 is 2.69 bits per heavy atom. The molecule has 0 radical (unpaired) electrons. The third kappa shape index (κ3) is 4.82. The molecule has 2 aromatic carbocycles. The highest BCUT2D eigenvalue weighted by Gasteiger charge is 2.32. The van der Waals surface area contributed by atoms with Gasteiger partial charge in [0.1, 0.15) is 17.7 Å². The minimum atomic E-state index is 0.0658. The number of amides is 1. The second-order valence-electron chi connectivity index (χ2n) is 6.58. The number of thioether (sulfide) groups is 1. The van der Waals surface area contributed by atoms with Gasteiger partial charge in [-0.3, -0.25) is 4.79 Å². The predicted octanol–water partition coefficient (Wildman–Crippen LogP) is 5.42. The molecule has 3 nitrogen and oxygen atoms in total. The Morgan fingerprint density at radius 1 is 1.12 bits per heavy atom. The van der Waals surface area contributed by atoms with E-state index in [1.165, 1.54) is 0 Å². The average molecular weight is 370 g/mol. The molecule has 0 aromatic heterocycles. The van der Waals surface area contributed by atoms with Crippen LogP contribution in [-0.2, 0) is 11.4 Å². The van der Waals surface area contributed by atoms with E-state index in [1.807, 2.05) is 53.1 Å². The van der Waals surface area contributed by atoms with Gasteiger partial charge in [-0.05, 0) is 18.1 Å². The number of unbranched alkanes of at least 4 members (excludes halogenated alkanes) is 2. The van der Waals surface area contributed by atoms with Gasteiger partial charge in [-0.25, -0.2) is 0 Å². The van der Waals surface area contributed by atoms with E-state index in [4.69, 9.17) is 4.74 Å². The summed E-state index contributed by atoms with van der Waals surface area (Å²) in [6.45, 7) is 3.53. The smallest absolute Gasteiger partial charge is 0.223 e. The predicted molar refractivity (Wildman–Crippen MR) is 108 cm³/mol. The van der Waals surface area contributed by atoms with Gasteiger partial charge in [-0.2, -0.15) is 0 Å². The molecule has 2 aromatic rings. The maximum Gasteiger partial charge on any atom is 0.223 e. The van der Waals surface area contributed by atoms with Gasteiger partial charge in [0.05, 0.1) is 0 Å². The Morgan fingerprint density at radius 2 is 1.88 bits per heavy atom. The summed E-state index contributed by atoms with van der Waals surface area (Å²) in [4.78, 5) is 14.7. The second-order valence-corrected chi connectivity index (χ2v) is 7.77. The van der Waals surface area contributed by atoms with Crippen LogP contribution >= 0.6 is 11.8 Å². The highest BCUT2D eigenvalue weighted by atomic mass is 32.2. The third-order valence-electron chi connectivity index (χ3n) is 4.63. The Hall–Kier alpha value is -1.94. The molecule has 26 heavy (non-hydrogen) atoms. The summed E-state index contributed by atoms with van der Waals surface area (Å²) >= 11 is 1.83. The maximum atomic E-state index is 12.7. The summed E-state index contributed by atoms with van der Waals surface area (Å²) in [6.07, 6.45) is 3.89. The fourth-order valence-electron chi connectivity index (χ4n) is 3.20. The zero-order chi connectivity index (χ0) is 18.2. The van der Waals surface area contributed by atoms with Gasteiger partial charge >= 0.3 is 0 Å². The number of hydrogen-bond donors (Lipinski definition) is 0. The SMILES string of the molecule is CCCCCC(=O)N1CCS[C@@H]1c1ccccc1OCc1ccccc1. The molecular formula is C22H27NO2S. The van der Waals surface area contributed by atoms with Crippen molar-refractivity contribution in [3.05, 3.63) is 65.7 Å². The highest BCUT2D eigenvalue weighted by Crippen LogP contribution is 2.42. The van der Waals surface area contributed by atoms with Crippen molar-refractivity contribution in [2.75, 3.05) is 12.3 Å². The molecule has 0 spiro atoms. The Labute approximate surface area is 160 Å². The number of hydrogen-bond acceptors (Lipinski definition) is 3. The van der Waals surface area contributed by atoms with Crippen molar-refractivity contribution in [3.8, 4) is 5.75 Å². The largest absolute Gasteiger partial charge is 0.489 e. The van der Waals surface area contributed by atoms with Crippen molar-refractivity contribution in [2.45, 2.75) is 44.6 Å². The fourth-order valence-corrected chi connectivity index (χ4v) is 4.51. The first kappa shape index (κ1) is 18.8. The summed E-state index contributed by atoms with van der Waals surface area (Å²) in [5.41, 5.74) is 2.25. The van der Waals surface area contributed by atoms with E-state index < -0.39 is 0 Å². The minimum absolute atomic E-state index is 0.0658. The third-order valence-corrected chi connectivity index (χ3v) is 5.87. The first-order chi connectivity index (χ1) is 12.8. The summed E-state index contributed by atoms with van der Waals surface area (Å²) < 4.78 is 6.11. The topological polar surface area (TPSA) is 29.5 Å². The molecule has 1 saturated heterocycles. The van der Waals surface area contributed by atoms with E-state index in [0.717, 1.165) is 48.4 Å². The molecule has 1 heterocycles. The normalized spacial score (nSPS) is 16.7.